The molecule has 11 nitrogen and oxygen atoms in total. The zero-order valence-corrected chi connectivity index (χ0v) is 47.3. The van der Waals surface area contributed by atoms with Crippen LogP contribution in [0.3, 0.4) is 0 Å². The lowest BCUT2D eigenvalue weighted by molar-refractivity contribution is -0.161. The van der Waals surface area contributed by atoms with E-state index in [1.165, 1.54) is 109 Å². The molecule has 420 valence electrons. The fourth-order valence-electron chi connectivity index (χ4n) is 8.19. The van der Waals surface area contributed by atoms with Crippen LogP contribution >= 0.6 is 7.82 Å². The molecule has 0 aliphatic rings. The number of phosphoric acid groups is 1. The molecule has 0 amide bonds. The second-order valence-corrected chi connectivity index (χ2v) is 21.3. The van der Waals surface area contributed by atoms with Gasteiger partial charge in [0, 0.05) is 19.3 Å². The van der Waals surface area contributed by atoms with Crippen molar-refractivity contribution in [1.29, 1.82) is 0 Å². The van der Waals surface area contributed by atoms with Crippen molar-refractivity contribution in [1.82, 2.24) is 0 Å². The van der Waals surface area contributed by atoms with Gasteiger partial charge >= 0.3 is 25.7 Å². The van der Waals surface area contributed by atoms with Crippen LogP contribution in [0.2, 0.25) is 0 Å². The molecule has 0 radical (unpaired) electrons. The Labute approximate surface area is 441 Å². The summed E-state index contributed by atoms with van der Waals surface area (Å²) in [6.07, 6.45) is 57.8. The number of ether oxygens (including phenoxy) is 3. The SMILES string of the molecule is CCC/C=C\C/C=C\CCCCCCCC(=O)OC(CO)COP(=O)(O)OCC(COC(=O)CCCCCCC/C=C\C/C=C\CCCCC)OC(=O)CCCCCCCCCCCCCCCCCCC. The highest BCUT2D eigenvalue weighted by atomic mass is 31.2. The molecule has 0 fully saturated rings. The number of carbonyl (C=O) groups is 3. The summed E-state index contributed by atoms with van der Waals surface area (Å²) in [5.41, 5.74) is 0. The molecule has 2 N–H and O–H groups in total. The van der Waals surface area contributed by atoms with Gasteiger partial charge in [-0.05, 0) is 77.0 Å². The highest BCUT2D eigenvalue weighted by Gasteiger charge is 2.28. The Morgan fingerprint density at radius 2 is 0.708 bits per heavy atom. The molecular weight excluding hydrogens is 928 g/mol. The van der Waals surface area contributed by atoms with E-state index in [9.17, 15) is 28.9 Å². The molecule has 0 rings (SSSR count). The van der Waals surface area contributed by atoms with Crippen LogP contribution in [0.15, 0.2) is 48.6 Å². The first-order valence-electron chi connectivity index (χ1n) is 29.5. The standard InChI is InChI=1S/C60H109O11P/c1-4-7-10-13-16-19-22-25-27-28-30-33-36-39-42-45-48-51-60(64)71-57(53-67-58(62)49-46-43-40-37-34-32-29-26-23-20-17-14-11-8-5-2)55-69-72(65,66)68-54-56(52-61)70-59(63)50-47-44-41-38-35-31-24-21-18-15-12-9-6-3/h12,15,17,20-21,24,26,29,56-57,61H,4-11,13-14,16,18-19,22-23,25,27-28,30-55H2,1-3H3,(H,65,66)/b15-12-,20-17-,24-21-,29-26-. The van der Waals surface area contributed by atoms with Crippen LogP contribution in [-0.4, -0.2) is 66.5 Å². The molecule has 0 spiro atoms. The molecule has 12 heteroatoms. The van der Waals surface area contributed by atoms with Crippen molar-refractivity contribution in [2.45, 2.75) is 290 Å². The third-order valence-electron chi connectivity index (χ3n) is 12.7. The topological polar surface area (TPSA) is 155 Å². The van der Waals surface area contributed by atoms with Crippen LogP contribution in [0.4, 0.5) is 0 Å². The fraction of sp³-hybridized carbons (Fsp3) is 0.817. The monoisotopic (exact) mass is 1040 g/mol. The van der Waals surface area contributed by atoms with Crippen molar-refractivity contribution in [2.24, 2.45) is 0 Å². The van der Waals surface area contributed by atoms with E-state index in [0.717, 1.165) is 109 Å². The number of aliphatic hydroxyl groups is 1. The number of hydrogen-bond donors (Lipinski definition) is 2. The highest BCUT2D eigenvalue weighted by molar-refractivity contribution is 7.47. The Balaban J connectivity index is 4.72. The van der Waals surface area contributed by atoms with Gasteiger partial charge in [0.25, 0.3) is 0 Å². The third kappa shape index (κ3) is 52.3. The maximum absolute atomic E-state index is 12.9. The maximum atomic E-state index is 12.9. The van der Waals surface area contributed by atoms with Gasteiger partial charge in [0.05, 0.1) is 19.8 Å². The van der Waals surface area contributed by atoms with E-state index in [4.69, 9.17) is 23.3 Å². The van der Waals surface area contributed by atoms with E-state index >= 15 is 0 Å². The minimum Gasteiger partial charge on any atom is -0.462 e. The first-order valence-corrected chi connectivity index (χ1v) is 31.0. The van der Waals surface area contributed by atoms with Crippen molar-refractivity contribution in [3.63, 3.8) is 0 Å². The summed E-state index contributed by atoms with van der Waals surface area (Å²) < 4.78 is 39.5. The Morgan fingerprint density at radius 1 is 0.389 bits per heavy atom. The summed E-state index contributed by atoms with van der Waals surface area (Å²) in [5, 5.41) is 9.80. The van der Waals surface area contributed by atoms with Gasteiger partial charge in [-0.25, -0.2) is 4.57 Å². The van der Waals surface area contributed by atoms with E-state index in [2.05, 4.69) is 69.4 Å². The van der Waals surface area contributed by atoms with Crippen LogP contribution in [0, 0.1) is 0 Å². The van der Waals surface area contributed by atoms with Crippen LogP contribution < -0.4 is 0 Å². The van der Waals surface area contributed by atoms with Gasteiger partial charge in [-0.15, -0.1) is 0 Å². The van der Waals surface area contributed by atoms with Crippen molar-refractivity contribution in [3.8, 4) is 0 Å². The van der Waals surface area contributed by atoms with Gasteiger partial charge < -0.3 is 24.2 Å². The molecular formula is C60H109O11P. The van der Waals surface area contributed by atoms with Crippen LogP contribution in [-0.2, 0) is 42.2 Å². The molecule has 0 saturated carbocycles. The zero-order valence-electron chi connectivity index (χ0n) is 46.4. The van der Waals surface area contributed by atoms with Gasteiger partial charge in [-0.2, -0.15) is 0 Å². The molecule has 0 bridgehead atoms. The number of aliphatic hydroxyl groups excluding tert-OH is 1. The third-order valence-corrected chi connectivity index (χ3v) is 13.7. The van der Waals surface area contributed by atoms with Crippen molar-refractivity contribution in [3.05, 3.63) is 48.6 Å². The summed E-state index contributed by atoms with van der Waals surface area (Å²) in [4.78, 5) is 48.5. The molecule has 0 aromatic carbocycles. The zero-order chi connectivity index (χ0) is 52.7. The number of phosphoric ester groups is 1. The lowest BCUT2D eigenvalue weighted by atomic mass is 10.0. The van der Waals surface area contributed by atoms with E-state index < -0.39 is 57.8 Å². The average molecular weight is 1040 g/mol. The number of allylic oxidation sites excluding steroid dienone is 8. The van der Waals surface area contributed by atoms with Gasteiger partial charge in [0.2, 0.25) is 0 Å². The molecule has 0 aromatic heterocycles. The summed E-state index contributed by atoms with van der Waals surface area (Å²) in [7, 11) is -4.75. The first kappa shape index (κ1) is 69.4. The van der Waals surface area contributed by atoms with Gasteiger partial charge in [0.1, 0.15) is 12.7 Å². The number of hydrogen-bond acceptors (Lipinski definition) is 10. The lowest BCUT2D eigenvalue weighted by Gasteiger charge is -2.21. The van der Waals surface area contributed by atoms with E-state index in [1.807, 2.05) is 0 Å². The van der Waals surface area contributed by atoms with Gasteiger partial charge in [0.15, 0.2) is 6.10 Å². The molecule has 72 heavy (non-hydrogen) atoms. The Hall–Kier alpha value is -2.56. The molecule has 3 unspecified atom stereocenters. The second-order valence-electron chi connectivity index (χ2n) is 19.8. The van der Waals surface area contributed by atoms with E-state index in [1.54, 1.807) is 0 Å². The molecule has 0 aromatic rings. The number of unbranched alkanes of at least 4 members (excludes halogenated alkanes) is 30. The average Bonchev–Trinajstić information content (AvgIpc) is 3.37. The lowest BCUT2D eigenvalue weighted by Crippen LogP contribution is -2.30. The van der Waals surface area contributed by atoms with Crippen LogP contribution in [0.25, 0.3) is 0 Å². The predicted molar refractivity (Wildman–Crippen MR) is 298 cm³/mol. The normalized spacial score (nSPS) is 13.7. The highest BCUT2D eigenvalue weighted by Crippen LogP contribution is 2.43. The minimum absolute atomic E-state index is 0.161. The van der Waals surface area contributed by atoms with Crippen LogP contribution in [0.1, 0.15) is 278 Å². The number of carbonyl (C=O) groups excluding carboxylic acids is 3. The molecule has 0 aliphatic heterocycles. The number of esters is 3. The molecule has 0 saturated heterocycles. The largest absolute Gasteiger partial charge is 0.472 e. The van der Waals surface area contributed by atoms with Crippen molar-refractivity contribution in [2.75, 3.05) is 26.4 Å². The summed E-state index contributed by atoms with van der Waals surface area (Å²) in [5.74, 6) is -1.48. The summed E-state index contributed by atoms with van der Waals surface area (Å²) in [6.45, 7) is 4.56. The molecule has 0 aliphatic carbocycles. The Bertz CT molecular complexity index is 1400. The minimum atomic E-state index is -4.75. The quantitative estimate of drug-likeness (QED) is 0.0197. The smallest absolute Gasteiger partial charge is 0.462 e. The Kier molecular flexibility index (Phi) is 52.7. The van der Waals surface area contributed by atoms with Crippen molar-refractivity contribution < 1.29 is 52.2 Å². The van der Waals surface area contributed by atoms with Gasteiger partial charge in [-0.3, -0.25) is 23.4 Å². The summed E-state index contributed by atoms with van der Waals surface area (Å²) in [6, 6.07) is 0. The van der Waals surface area contributed by atoms with Crippen molar-refractivity contribution >= 4 is 25.7 Å². The second kappa shape index (κ2) is 54.7. The molecule has 0 heterocycles. The molecule has 3 atom stereocenters. The number of rotatable bonds is 55. The van der Waals surface area contributed by atoms with E-state index in [0.29, 0.717) is 19.3 Å². The van der Waals surface area contributed by atoms with Crippen LogP contribution in [0.5, 0.6) is 0 Å². The van der Waals surface area contributed by atoms with Gasteiger partial charge in [-0.1, -0.05) is 230 Å². The maximum Gasteiger partial charge on any atom is 0.472 e. The summed E-state index contributed by atoms with van der Waals surface area (Å²) >= 11 is 0. The first-order chi connectivity index (χ1) is 35.2. The van der Waals surface area contributed by atoms with E-state index in [-0.39, 0.29) is 25.9 Å². The fourth-order valence-corrected chi connectivity index (χ4v) is 8.97. The predicted octanol–water partition coefficient (Wildman–Crippen LogP) is 17.4. The Morgan fingerprint density at radius 3 is 1.11 bits per heavy atom.